The van der Waals surface area contributed by atoms with Crippen LogP contribution in [0.3, 0.4) is 0 Å². The number of nitrogens with zero attached hydrogens (tertiary/aromatic N) is 2. The van der Waals surface area contributed by atoms with Gasteiger partial charge in [0.15, 0.2) is 0 Å². The lowest BCUT2D eigenvalue weighted by Gasteiger charge is -2.06. The largest absolute Gasteiger partial charge is 0.465 e. The van der Waals surface area contributed by atoms with E-state index in [1.807, 2.05) is 6.07 Å². The maximum atomic E-state index is 12.2. The van der Waals surface area contributed by atoms with Crippen molar-refractivity contribution >= 4 is 22.9 Å². The summed E-state index contributed by atoms with van der Waals surface area (Å²) in [4.78, 5) is 28.0. The molecule has 1 aromatic carbocycles. The Labute approximate surface area is 131 Å². The molecule has 0 saturated heterocycles. The number of hydrogen-bond donors (Lipinski definition) is 0. The summed E-state index contributed by atoms with van der Waals surface area (Å²) in [5, 5.41) is 0.541. The van der Waals surface area contributed by atoms with Crippen LogP contribution in [-0.2, 0) is 16.1 Å². The van der Waals surface area contributed by atoms with Crippen molar-refractivity contribution in [1.29, 1.82) is 0 Å². The molecule has 3 aromatic rings. The number of para-hydroxylation sites is 1. The summed E-state index contributed by atoms with van der Waals surface area (Å²) in [6.45, 7) is 0.332. The molecule has 0 bridgehead atoms. The minimum absolute atomic E-state index is 0.0846. The maximum absolute atomic E-state index is 12.2. The molecule has 23 heavy (non-hydrogen) atoms. The molecule has 116 valence electrons. The van der Waals surface area contributed by atoms with Crippen LogP contribution >= 0.6 is 0 Å². The molecule has 0 aliphatic heterocycles. The second-order valence-electron chi connectivity index (χ2n) is 4.78. The van der Waals surface area contributed by atoms with E-state index < -0.39 is 5.97 Å². The van der Waals surface area contributed by atoms with Crippen LogP contribution in [0.2, 0.25) is 0 Å². The van der Waals surface area contributed by atoms with Crippen LogP contribution < -0.4 is 5.56 Å². The van der Waals surface area contributed by atoms with E-state index in [0.717, 1.165) is 0 Å². The molecule has 6 nitrogen and oxygen atoms in total. The molecule has 0 radical (unpaired) electrons. The van der Waals surface area contributed by atoms with Crippen molar-refractivity contribution in [3.8, 4) is 0 Å². The predicted molar refractivity (Wildman–Crippen MR) is 84.7 cm³/mol. The quantitative estimate of drug-likeness (QED) is 0.534. The van der Waals surface area contributed by atoms with Gasteiger partial charge in [-0.05, 0) is 30.3 Å². The standard InChI is InChI=1S/C17H14N2O4/c20-16(8-7-13-4-3-10-22-13)23-11-9-19-12-18-15-6-2-1-5-14(15)17(19)21/h1-8,10,12H,9,11H2/b8-7+. The number of ether oxygens (including phenoxy) is 1. The first-order valence-electron chi connectivity index (χ1n) is 7.06. The highest BCUT2D eigenvalue weighted by Crippen LogP contribution is 2.05. The average molecular weight is 310 g/mol. The summed E-state index contributed by atoms with van der Waals surface area (Å²) in [5.74, 6) is 0.0695. The van der Waals surface area contributed by atoms with Gasteiger partial charge in [-0.2, -0.15) is 0 Å². The number of aromatic nitrogens is 2. The van der Waals surface area contributed by atoms with E-state index >= 15 is 0 Å². The second kappa shape index (κ2) is 6.74. The smallest absolute Gasteiger partial charge is 0.330 e. The van der Waals surface area contributed by atoms with E-state index in [9.17, 15) is 9.59 Å². The monoisotopic (exact) mass is 310 g/mol. The van der Waals surface area contributed by atoms with Crippen LogP contribution in [0, 0.1) is 0 Å². The normalized spacial score (nSPS) is 11.1. The second-order valence-corrected chi connectivity index (χ2v) is 4.78. The molecule has 0 N–H and O–H groups in total. The minimum atomic E-state index is -0.497. The summed E-state index contributed by atoms with van der Waals surface area (Å²) in [6, 6.07) is 10.6. The van der Waals surface area contributed by atoms with Gasteiger partial charge >= 0.3 is 5.97 Å². The number of rotatable bonds is 5. The number of esters is 1. The van der Waals surface area contributed by atoms with Gasteiger partial charge in [0.25, 0.3) is 5.56 Å². The van der Waals surface area contributed by atoms with Crippen molar-refractivity contribution in [3.05, 3.63) is 71.2 Å². The van der Waals surface area contributed by atoms with Crippen LogP contribution in [0.4, 0.5) is 0 Å². The van der Waals surface area contributed by atoms with E-state index in [-0.39, 0.29) is 18.7 Å². The lowest BCUT2D eigenvalue weighted by molar-refractivity contribution is -0.137. The molecular weight excluding hydrogens is 296 g/mol. The van der Waals surface area contributed by atoms with Crippen LogP contribution in [0.1, 0.15) is 5.76 Å². The fourth-order valence-corrected chi connectivity index (χ4v) is 2.09. The van der Waals surface area contributed by atoms with Gasteiger partial charge in [-0.15, -0.1) is 0 Å². The zero-order valence-corrected chi connectivity index (χ0v) is 12.2. The van der Waals surface area contributed by atoms with E-state index in [2.05, 4.69) is 4.98 Å². The van der Waals surface area contributed by atoms with E-state index in [4.69, 9.17) is 9.15 Å². The van der Waals surface area contributed by atoms with Gasteiger partial charge < -0.3 is 9.15 Å². The Balaban J connectivity index is 1.59. The zero-order valence-electron chi connectivity index (χ0n) is 12.2. The number of hydrogen-bond acceptors (Lipinski definition) is 5. The first-order valence-corrected chi connectivity index (χ1v) is 7.06. The third-order valence-corrected chi connectivity index (χ3v) is 3.23. The molecule has 0 spiro atoms. The molecule has 0 fully saturated rings. The average Bonchev–Trinajstić information content (AvgIpc) is 3.09. The Kier molecular flexibility index (Phi) is 4.33. The lowest BCUT2D eigenvalue weighted by Crippen LogP contribution is -2.23. The van der Waals surface area contributed by atoms with Crippen molar-refractivity contribution in [2.24, 2.45) is 0 Å². The molecule has 0 unspecified atom stereocenters. The zero-order chi connectivity index (χ0) is 16.1. The molecule has 3 rings (SSSR count). The highest BCUT2D eigenvalue weighted by molar-refractivity contribution is 5.86. The summed E-state index contributed by atoms with van der Waals surface area (Å²) >= 11 is 0. The van der Waals surface area contributed by atoms with Crippen molar-refractivity contribution in [1.82, 2.24) is 9.55 Å². The third kappa shape index (κ3) is 3.55. The van der Waals surface area contributed by atoms with Crippen LogP contribution in [0.25, 0.3) is 17.0 Å². The molecule has 2 aromatic heterocycles. The maximum Gasteiger partial charge on any atom is 0.330 e. The van der Waals surface area contributed by atoms with Crippen LogP contribution in [-0.4, -0.2) is 22.1 Å². The Morgan fingerprint density at radius 1 is 1.26 bits per heavy atom. The van der Waals surface area contributed by atoms with Gasteiger partial charge in [0.05, 0.1) is 30.0 Å². The van der Waals surface area contributed by atoms with Crippen LogP contribution in [0.15, 0.2) is 64.3 Å². The van der Waals surface area contributed by atoms with E-state index in [0.29, 0.717) is 16.7 Å². The summed E-state index contributed by atoms with van der Waals surface area (Å²) in [7, 11) is 0. The summed E-state index contributed by atoms with van der Waals surface area (Å²) in [6.07, 6.45) is 5.77. The Bertz CT molecular complexity index is 894. The number of carbonyl (C=O) groups excluding carboxylic acids is 1. The summed E-state index contributed by atoms with van der Waals surface area (Å²) in [5.41, 5.74) is 0.491. The molecule has 0 aliphatic rings. The number of fused-ring (bicyclic) bond motifs is 1. The van der Waals surface area contributed by atoms with Crippen molar-refractivity contribution in [2.75, 3.05) is 6.61 Å². The topological polar surface area (TPSA) is 74.3 Å². The third-order valence-electron chi connectivity index (χ3n) is 3.23. The molecule has 0 atom stereocenters. The highest BCUT2D eigenvalue weighted by Gasteiger charge is 2.04. The summed E-state index contributed by atoms with van der Waals surface area (Å²) < 4.78 is 11.5. The van der Waals surface area contributed by atoms with Crippen molar-refractivity contribution < 1.29 is 13.9 Å². The van der Waals surface area contributed by atoms with Crippen molar-refractivity contribution in [2.45, 2.75) is 6.54 Å². The first kappa shape index (κ1) is 14.8. The van der Waals surface area contributed by atoms with E-state index in [1.165, 1.54) is 29.3 Å². The molecule has 2 heterocycles. The van der Waals surface area contributed by atoms with Gasteiger partial charge in [0.2, 0.25) is 0 Å². The molecule has 0 aliphatic carbocycles. The molecular formula is C17H14N2O4. The minimum Gasteiger partial charge on any atom is -0.465 e. The lowest BCUT2D eigenvalue weighted by atomic mass is 10.2. The molecule has 0 saturated carbocycles. The van der Waals surface area contributed by atoms with Gasteiger partial charge in [-0.3, -0.25) is 9.36 Å². The first-order chi connectivity index (χ1) is 11.2. The number of furan rings is 1. The fourth-order valence-electron chi connectivity index (χ4n) is 2.09. The number of benzene rings is 1. The van der Waals surface area contributed by atoms with Gasteiger partial charge in [-0.1, -0.05) is 12.1 Å². The Morgan fingerprint density at radius 3 is 2.96 bits per heavy atom. The number of carbonyl (C=O) groups is 1. The van der Waals surface area contributed by atoms with E-state index in [1.54, 1.807) is 30.3 Å². The SMILES string of the molecule is O=C(/C=C/c1ccco1)OCCn1cnc2ccccc2c1=O. The Morgan fingerprint density at radius 2 is 2.13 bits per heavy atom. The Hall–Kier alpha value is -3.15. The van der Waals surface area contributed by atoms with Crippen LogP contribution in [0.5, 0.6) is 0 Å². The van der Waals surface area contributed by atoms with Crippen molar-refractivity contribution in [3.63, 3.8) is 0 Å². The highest BCUT2D eigenvalue weighted by atomic mass is 16.5. The molecule has 6 heteroatoms. The molecule has 0 amide bonds. The van der Waals surface area contributed by atoms with Gasteiger partial charge in [-0.25, -0.2) is 9.78 Å². The fraction of sp³-hybridized carbons (Fsp3) is 0.118. The van der Waals surface area contributed by atoms with Gasteiger partial charge in [0, 0.05) is 6.08 Å². The predicted octanol–water partition coefficient (Wildman–Crippen LogP) is 2.25. The van der Waals surface area contributed by atoms with Gasteiger partial charge in [0.1, 0.15) is 12.4 Å².